The van der Waals surface area contributed by atoms with E-state index in [2.05, 4.69) is 5.32 Å². The van der Waals surface area contributed by atoms with Gasteiger partial charge in [0.05, 0.1) is 4.90 Å². The first-order valence-corrected chi connectivity index (χ1v) is 14.2. The molecule has 1 N–H and O–H groups in total. The van der Waals surface area contributed by atoms with E-state index in [4.69, 9.17) is 0 Å². The van der Waals surface area contributed by atoms with E-state index in [-0.39, 0.29) is 30.3 Å². The predicted molar refractivity (Wildman–Crippen MR) is 129 cm³/mol. The molecule has 1 saturated heterocycles. The van der Waals surface area contributed by atoms with E-state index in [9.17, 15) is 18.0 Å². The Bertz CT molecular complexity index is 1060. The fourth-order valence-electron chi connectivity index (χ4n) is 7.35. The van der Waals surface area contributed by atoms with E-state index in [0.717, 1.165) is 30.4 Å². The minimum atomic E-state index is -3.60. The lowest BCUT2D eigenvalue weighted by Gasteiger charge is -2.55. The molecule has 0 unspecified atom stereocenters. The van der Waals surface area contributed by atoms with Gasteiger partial charge in [0, 0.05) is 31.6 Å². The Morgan fingerprint density at radius 2 is 1.53 bits per heavy atom. The Hall–Kier alpha value is -1.93. The van der Waals surface area contributed by atoms with Gasteiger partial charge < -0.3 is 10.2 Å². The Labute approximate surface area is 203 Å². The number of amides is 2. The maximum absolute atomic E-state index is 13.3. The van der Waals surface area contributed by atoms with E-state index >= 15 is 0 Å². The molecule has 0 aromatic heterocycles. The maximum atomic E-state index is 13.3. The summed E-state index contributed by atoms with van der Waals surface area (Å²) in [7, 11) is -3.60. The molecule has 4 saturated carbocycles. The van der Waals surface area contributed by atoms with Gasteiger partial charge in [-0.2, -0.15) is 4.31 Å². The van der Waals surface area contributed by atoms with E-state index in [0.29, 0.717) is 35.7 Å². The second-order valence-electron chi connectivity index (χ2n) is 11.4. The summed E-state index contributed by atoms with van der Waals surface area (Å²) in [5.41, 5.74) is 1.36. The quantitative estimate of drug-likeness (QED) is 0.692. The molecule has 4 aliphatic carbocycles. The Morgan fingerprint density at radius 1 is 0.971 bits per heavy atom. The lowest BCUT2D eigenvalue weighted by molar-refractivity contribution is -0.149. The van der Waals surface area contributed by atoms with Gasteiger partial charge in [-0.15, -0.1) is 0 Å². The molecule has 1 aromatic carbocycles. The number of hydrogen-bond donors (Lipinski definition) is 1. The molecule has 5 fully saturated rings. The standard InChI is InChI=1S/C26H37N3O4S/c1-17-4-5-18(2)23(10-17)34(32,33)29-8-6-28(7-9-29)24(30)19(3)27-25(31)26-14-20-11-21(15-26)13-22(12-20)16-26/h4-5,10,19-22H,6-9,11-16H2,1-3H3,(H,27,31)/t19-,20?,21?,22?,26?/m1/s1. The highest BCUT2D eigenvalue weighted by molar-refractivity contribution is 7.89. The number of sulfonamides is 1. The zero-order valence-corrected chi connectivity index (χ0v) is 21.4. The van der Waals surface area contributed by atoms with Gasteiger partial charge in [-0.25, -0.2) is 8.42 Å². The first-order valence-electron chi connectivity index (χ1n) is 12.7. The number of nitrogens with zero attached hydrogens (tertiary/aromatic N) is 2. The van der Waals surface area contributed by atoms with Crippen molar-refractivity contribution in [2.75, 3.05) is 26.2 Å². The number of hydrogen-bond acceptors (Lipinski definition) is 4. The highest BCUT2D eigenvalue weighted by Crippen LogP contribution is 2.60. The van der Waals surface area contributed by atoms with Crippen LogP contribution in [0.15, 0.2) is 23.1 Å². The van der Waals surface area contributed by atoms with Crippen molar-refractivity contribution >= 4 is 21.8 Å². The molecule has 1 heterocycles. The topological polar surface area (TPSA) is 86.8 Å². The molecule has 34 heavy (non-hydrogen) atoms. The Kier molecular flexibility index (Phi) is 6.04. The largest absolute Gasteiger partial charge is 0.344 e. The summed E-state index contributed by atoms with van der Waals surface area (Å²) in [4.78, 5) is 28.5. The molecule has 6 rings (SSSR count). The van der Waals surface area contributed by atoms with Gasteiger partial charge in [-0.1, -0.05) is 12.1 Å². The number of nitrogens with one attached hydrogen (secondary N) is 1. The van der Waals surface area contributed by atoms with E-state index in [1.54, 1.807) is 24.8 Å². The molecule has 5 aliphatic rings. The van der Waals surface area contributed by atoms with Gasteiger partial charge in [0.25, 0.3) is 0 Å². The second-order valence-corrected chi connectivity index (χ2v) is 13.3. The second kappa shape index (κ2) is 8.63. The van der Waals surface area contributed by atoms with E-state index in [1.165, 1.54) is 23.6 Å². The number of carbonyl (C=O) groups excluding carboxylic acids is 2. The highest BCUT2D eigenvalue weighted by Gasteiger charge is 2.54. The van der Waals surface area contributed by atoms with Crippen molar-refractivity contribution in [3.8, 4) is 0 Å². The lowest BCUT2D eigenvalue weighted by atomic mass is 9.49. The number of carbonyl (C=O) groups is 2. The van der Waals surface area contributed by atoms with Gasteiger partial charge in [0.1, 0.15) is 6.04 Å². The first kappa shape index (κ1) is 23.8. The van der Waals surface area contributed by atoms with Crippen molar-refractivity contribution in [3.05, 3.63) is 29.3 Å². The van der Waals surface area contributed by atoms with Crippen LogP contribution in [-0.4, -0.2) is 61.7 Å². The van der Waals surface area contributed by atoms with Crippen LogP contribution in [0.2, 0.25) is 0 Å². The van der Waals surface area contributed by atoms with Crippen molar-refractivity contribution in [1.29, 1.82) is 0 Å². The van der Waals surface area contributed by atoms with Gasteiger partial charge in [-0.3, -0.25) is 9.59 Å². The lowest BCUT2D eigenvalue weighted by Crippen LogP contribution is -2.58. The van der Waals surface area contributed by atoms with Gasteiger partial charge in [0.15, 0.2) is 0 Å². The molecule has 1 atom stereocenters. The summed E-state index contributed by atoms with van der Waals surface area (Å²) in [5, 5.41) is 3.05. The normalized spacial score (nSPS) is 32.0. The van der Waals surface area contributed by atoms with Crippen LogP contribution >= 0.6 is 0 Å². The van der Waals surface area contributed by atoms with Crippen LogP contribution in [0.25, 0.3) is 0 Å². The third-order valence-corrected chi connectivity index (χ3v) is 10.8. The third kappa shape index (κ3) is 4.17. The number of aryl methyl sites for hydroxylation is 2. The van der Waals surface area contributed by atoms with Crippen LogP contribution in [0.3, 0.4) is 0 Å². The van der Waals surface area contributed by atoms with Crippen LogP contribution in [-0.2, 0) is 19.6 Å². The monoisotopic (exact) mass is 487 g/mol. The molecule has 186 valence electrons. The average molecular weight is 488 g/mol. The minimum Gasteiger partial charge on any atom is -0.344 e. The molecule has 4 bridgehead atoms. The average Bonchev–Trinajstić information content (AvgIpc) is 2.79. The van der Waals surface area contributed by atoms with Crippen LogP contribution in [0.1, 0.15) is 56.6 Å². The van der Waals surface area contributed by atoms with Crippen LogP contribution in [0.4, 0.5) is 0 Å². The summed E-state index contributed by atoms with van der Waals surface area (Å²) in [6.07, 6.45) is 6.74. The Balaban J connectivity index is 1.19. The van der Waals surface area contributed by atoms with Crippen molar-refractivity contribution in [3.63, 3.8) is 0 Å². The van der Waals surface area contributed by atoms with Crippen molar-refractivity contribution in [2.24, 2.45) is 23.2 Å². The summed E-state index contributed by atoms with van der Waals surface area (Å²) >= 11 is 0. The number of rotatable bonds is 5. The summed E-state index contributed by atoms with van der Waals surface area (Å²) in [6.45, 7) is 6.64. The van der Waals surface area contributed by atoms with E-state index in [1.807, 2.05) is 19.1 Å². The number of piperazine rings is 1. The molecule has 2 amide bonds. The van der Waals surface area contributed by atoms with Gasteiger partial charge >= 0.3 is 0 Å². The molecule has 7 nitrogen and oxygen atoms in total. The maximum Gasteiger partial charge on any atom is 0.244 e. The molecular weight excluding hydrogens is 450 g/mol. The molecule has 1 aliphatic heterocycles. The molecule has 1 aromatic rings. The predicted octanol–water partition coefficient (Wildman–Crippen LogP) is 2.86. The minimum absolute atomic E-state index is 0.0589. The summed E-state index contributed by atoms with van der Waals surface area (Å²) in [5.74, 6) is 1.96. The molecular formula is C26H37N3O4S. The third-order valence-electron chi connectivity index (χ3n) is 8.75. The van der Waals surface area contributed by atoms with Crippen molar-refractivity contribution < 1.29 is 18.0 Å². The summed E-state index contributed by atoms with van der Waals surface area (Å²) < 4.78 is 27.8. The number of benzene rings is 1. The molecule has 0 radical (unpaired) electrons. The molecule has 0 spiro atoms. The fraction of sp³-hybridized carbons (Fsp3) is 0.692. The zero-order valence-electron chi connectivity index (χ0n) is 20.5. The fourth-order valence-corrected chi connectivity index (χ4v) is 9.08. The van der Waals surface area contributed by atoms with Crippen molar-refractivity contribution in [1.82, 2.24) is 14.5 Å². The Morgan fingerprint density at radius 3 is 2.09 bits per heavy atom. The van der Waals surface area contributed by atoms with E-state index < -0.39 is 16.1 Å². The highest BCUT2D eigenvalue weighted by atomic mass is 32.2. The van der Waals surface area contributed by atoms with Crippen LogP contribution in [0.5, 0.6) is 0 Å². The van der Waals surface area contributed by atoms with Gasteiger partial charge in [0.2, 0.25) is 21.8 Å². The zero-order chi connectivity index (χ0) is 24.3. The van der Waals surface area contributed by atoms with Crippen LogP contribution < -0.4 is 5.32 Å². The SMILES string of the molecule is Cc1ccc(C)c(S(=O)(=O)N2CCN(C(=O)[C@@H](C)NC(=O)C34CC5CC(CC(C5)C3)C4)CC2)c1. The summed E-state index contributed by atoms with van der Waals surface area (Å²) in [6, 6.07) is 4.85. The molecule has 8 heteroatoms. The van der Waals surface area contributed by atoms with Gasteiger partial charge in [-0.05, 0) is 94.2 Å². The van der Waals surface area contributed by atoms with Crippen LogP contribution in [0, 0.1) is 37.0 Å². The first-order chi connectivity index (χ1) is 16.1. The smallest absolute Gasteiger partial charge is 0.244 e. The van der Waals surface area contributed by atoms with Crippen molar-refractivity contribution in [2.45, 2.75) is 70.2 Å².